The molecule has 116 valence electrons. The maximum atomic E-state index is 12.4. The van der Waals surface area contributed by atoms with E-state index in [2.05, 4.69) is 31.3 Å². The monoisotopic (exact) mass is 288 g/mol. The van der Waals surface area contributed by atoms with Gasteiger partial charge >= 0.3 is 0 Å². The van der Waals surface area contributed by atoms with Crippen LogP contribution < -0.4 is 5.32 Å². The molecule has 0 spiro atoms. The Morgan fingerprint density at radius 1 is 1.24 bits per heavy atom. The van der Waals surface area contributed by atoms with Crippen molar-refractivity contribution < 1.29 is 4.79 Å². The van der Waals surface area contributed by atoms with Gasteiger partial charge in [0.25, 0.3) is 0 Å². The minimum Gasteiger partial charge on any atom is -0.336 e. The summed E-state index contributed by atoms with van der Waals surface area (Å²) in [5.41, 5.74) is 1.20. The summed E-state index contributed by atoms with van der Waals surface area (Å²) in [4.78, 5) is 14.4. The van der Waals surface area contributed by atoms with Crippen LogP contribution in [0.5, 0.6) is 0 Å². The van der Waals surface area contributed by atoms with Crippen LogP contribution in [-0.4, -0.2) is 29.4 Å². The van der Waals surface area contributed by atoms with Crippen molar-refractivity contribution in [2.75, 3.05) is 6.54 Å². The van der Waals surface area contributed by atoms with Gasteiger partial charge in [-0.15, -0.1) is 0 Å². The second kappa shape index (κ2) is 8.18. The van der Waals surface area contributed by atoms with Gasteiger partial charge in [0, 0.05) is 31.6 Å². The molecular weight excluding hydrogens is 260 g/mol. The molecule has 1 saturated carbocycles. The number of nitrogens with one attached hydrogen (secondary N) is 1. The summed E-state index contributed by atoms with van der Waals surface area (Å²) >= 11 is 0. The number of carbonyl (C=O) groups excluding carboxylic acids is 1. The highest BCUT2D eigenvalue weighted by molar-refractivity contribution is 5.76. The van der Waals surface area contributed by atoms with Crippen molar-refractivity contribution in [2.45, 2.75) is 64.6 Å². The molecule has 0 heterocycles. The lowest BCUT2D eigenvalue weighted by atomic mass is 10.1. The number of nitrogens with zero attached hydrogens (tertiary/aromatic N) is 1. The van der Waals surface area contributed by atoms with Crippen LogP contribution in [0.25, 0.3) is 0 Å². The lowest BCUT2D eigenvalue weighted by Crippen LogP contribution is -2.38. The number of rotatable bonds is 7. The van der Waals surface area contributed by atoms with E-state index in [1.54, 1.807) is 0 Å². The van der Waals surface area contributed by atoms with Gasteiger partial charge in [-0.05, 0) is 32.3 Å². The third-order valence-corrected chi connectivity index (χ3v) is 4.27. The molecule has 3 heteroatoms. The molecule has 1 aromatic rings. The molecule has 1 aliphatic carbocycles. The minimum absolute atomic E-state index is 0.240. The average Bonchev–Trinajstić information content (AvgIpc) is 2.98. The SMILES string of the molecule is CC(C)N(Cc1ccccc1)C(=O)CCNC1CCCC1. The number of amides is 1. The Bertz CT molecular complexity index is 424. The predicted octanol–water partition coefficient (Wildman–Crippen LogP) is 3.35. The molecule has 0 atom stereocenters. The smallest absolute Gasteiger partial charge is 0.224 e. The molecule has 3 nitrogen and oxygen atoms in total. The van der Waals surface area contributed by atoms with E-state index in [4.69, 9.17) is 0 Å². The van der Waals surface area contributed by atoms with Crippen LogP contribution in [0.1, 0.15) is 51.5 Å². The Hall–Kier alpha value is -1.35. The zero-order chi connectivity index (χ0) is 15.1. The third-order valence-electron chi connectivity index (χ3n) is 4.27. The Balaban J connectivity index is 1.81. The third kappa shape index (κ3) is 5.16. The largest absolute Gasteiger partial charge is 0.336 e. The number of benzene rings is 1. The Morgan fingerprint density at radius 2 is 1.90 bits per heavy atom. The van der Waals surface area contributed by atoms with Gasteiger partial charge in [0.15, 0.2) is 0 Å². The number of hydrogen-bond acceptors (Lipinski definition) is 2. The lowest BCUT2D eigenvalue weighted by molar-refractivity contribution is -0.133. The molecule has 1 amide bonds. The summed E-state index contributed by atoms with van der Waals surface area (Å²) in [6, 6.07) is 11.1. The molecule has 0 radical (unpaired) electrons. The number of carbonyl (C=O) groups is 1. The van der Waals surface area contributed by atoms with Gasteiger partial charge in [-0.25, -0.2) is 0 Å². The van der Waals surface area contributed by atoms with E-state index in [1.165, 1.54) is 31.2 Å². The summed E-state index contributed by atoms with van der Waals surface area (Å²) < 4.78 is 0. The summed E-state index contributed by atoms with van der Waals surface area (Å²) in [7, 11) is 0. The van der Waals surface area contributed by atoms with Crippen LogP contribution in [0, 0.1) is 0 Å². The topological polar surface area (TPSA) is 32.3 Å². The summed E-state index contributed by atoms with van der Waals surface area (Å²) in [5, 5.41) is 3.52. The molecular formula is C18H28N2O. The Kier molecular flexibility index (Phi) is 6.24. The predicted molar refractivity (Wildman–Crippen MR) is 87.0 cm³/mol. The van der Waals surface area contributed by atoms with Gasteiger partial charge in [-0.1, -0.05) is 43.2 Å². The van der Waals surface area contributed by atoms with Crippen LogP contribution >= 0.6 is 0 Å². The van der Waals surface area contributed by atoms with Gasteiger partial charge in [-0.3, -0.25) is 4.79 Å². The summed E-state index contributed by atoms with van der Waals surface area (Å²) in [6.07, 6.45) is 5.80. The fourth-order valence-electron chi connectivity index (χ4n) is 3.00. The lowest BCUT2D eigenvalue weighted by Gasteiger charge is -2.27. The van der Waals surface area contributed by atoms with Crippen LogP contribution in [-0.2, 0) is 11.3 Å². The molecule has 2 rings (SSSR count). The second-order valence-corrected chi connectivity index (χ2v) is 6.29. The van der Waals surface area contributed by atoms with E-state index in [0.717, 1.165) is 6.54 Å². The van der Waals surface area contributed by atoms with E-state index in [0.29, 0.717) is 19.0 Å². The highest BCUT2D eigenvalue weighted by Gasteiger charge is 2.18. The van der Waals surface area contributed by atoms with Crippen LogP contribution in [0.2, 0.25) is 0 Å². The standard InChI is InChI=1S/C18H28N2O/c1-15(2)20(14-16-8-4-3-5-9-16)18(21)12-13-19-17-10-6-7-11-17/h3-5,8-9,15,17,19H,6-7,10-14H2,1-2H3. The molecule has 0 bridgehead atoms. The molecule has 21 heavy (non-hydrogen) atoms. The average molecular weight is 288 g/mol. The minimum atomic E-state index is 0.240. The van der Waals surface area contributed by atoms with E-state index in [-0.39, 0.29) is 11.9 Å². The van der Waals surface area contributed by atoms with E-state index >= 15 is 0 Å². The molecule has 1 fully saturated rings. The Morgan fingerprint density at radius 3 is 2.52 bits per heavy atom. The highest BCUT2D eigenvalue weighted by atomic mass is 16.2. The molecule has 0 aliphatic heterocycles. The first-order valence-electron chi connectivity index (χ1n) is 8.23. The van der Waals surface area contributed by atoms with Crippen molar-refractivity contribution in [1.29, 1.82) is 0 Å². The summed E-state index contributed by atoms with van der Waals surface area (Å²) in [6.45, 7) is 5.69. The quantitative estimate of drug-likeness (QED) is 0.834. The molecule has 1 N–H and O–H groups in total. The first kappa shape index (κ1) is 16.0. The fourth-order valence-corrected chi connectivity index (χ4v) is 3.00. The normalized spacial score (nSPS) is 15.6. The first-order valence-corrected chi connectivity index (χ1v) is 8.23. The zero-order valence-corrected chi connectivity index (χ0v) is 13.3. The second-order valence-electron chi connectivity index (χ2n) is 6.29. The Labute approximate surface area is 128 Å². The first-order chi connectivity index (χ1) is 10.2. The van der Waals surface area contributed by atoms with Gasteiger partial charge in [-0.2, -0.15) is 0 Å². The van der Waals surface area contributed by atoms with Gasteiger partial charge in [0.05, 0.1) is 0 Å². The van der Waals surface area contributed by atoms with Crippen molar-refractivity contribution in [3.8, 4) is 0 Å². The van der Waals surface area contributed by atoms with Crippen molar-refractivity contribution in [2.24, 2.45) is 0 Å². The van der Waals surface area contributed by atoms with Crippen molar-refractivity contribution in [3.05, 3.63) is 35.9 Å². The van der Waals surface area contributed by atoms with Crippen LogP contribution in [0.4, 0.5) is 0 Å². The van der Waals surface area contributed by atoms with E-state index < -0.39 is 0 Å². The van der Waals surface area contributed by atoms with E-state index in [1.807, 2.05) is 23.1 Å². The molecule has 1 aromatic carbocycles. The maximum absolute atomic E-state index is 12.4. The van der Waals surface area contributed by atoms with Crippen LogP contribution in [0.3, 0.4) is 0 Å². The fraction of sp³-hybridized carbons (Fsp3) is 0.611. The van der Waals surface area contributed by atoms with Crippen molar-refractivity contribution >= 4 is 5.91 Å². The molecule has 1 aliphatic rings. The highest BCUT2D eigenvalue weighted by Crippen LogP contribution is 2.17. The summed E-state index contributed by atoms with van der Waals surface area (Å²) in [5.74, 6) is 0.249. The van der Waals surface area contributed by atoms with Gasteiger partial charge in [0.1, 0.15) is 0 Å². The maximum Gasteiger partial charge on any atom is 0.224 e. The van der Waals surface area contributed by atoms with E-state index in [9.17, 15) is 4.79 Å². The van der Waals surface area contributed by atoms with Crippen molar-refractivity contribution in [3.63, 3.8) is 0 Å². The van der Waals surface area contributed by atoms with Crippen molar-refractivity contribution in [1.82, 2.24) is 10.2 Å². The number of hydrogen-bond donors (Lipinski definition) is 1. The van der Waals surface area contributed by atoms with Gasteiger partial charge < -0.3 is 10.2 Å². The molecule has 0 aromatic heterocycles. The zero-order valence-electron chi connectivity index (χ0n) is 13.3. The molecule has 0 unspecified atom stereocenters. The van der Waals surface area contributed by atoms with Crippen LogP contribution in [0.15, 0.2) is 30.3 Å². The van der Waals surface area contributed by atoms with Gasteiger partial charge in [0.2, 0.25) is 5.91 Å². The molecule has 0 saturated heterocycles.